The van der Waals surface area contributed by atoms with E-state index in [-0.39, 0.29) is 5.91 Å². The molecule has 134 valence electrons. The van der Waals surface area contributed by atoms with Crippen molar-refractivity contribution >= 4 is 39.1 Å². The second-order valence-electron chi connectivity index (χ2n) is 4.81. The monoisotopic (exact) mass is 429 g/mol. The number of ether oxygens (including phenoxy) is 4. The third-order valence-electron chi connectivity index (χ3n) is 3.42. The Kier molecular flexibility index (Phi) is 6.39. The average Bonchev–Trinajstić information content (AvgIpc) is 2.61. The van der Waals surface area contributed by atoms with Crippen LogP contribution in [0.4, 0.5) is 5.69 Å². The van der Waals surface area contributed by atoms with Crippen LogP contribution in [0, 0.1) is 0 Å². The van der Waals surface area contributed by atoms with Crippen LogP contribution in [0.15, 0.2) is 28.7 Å². The lowest BCUT2D eigenvalue weighted by Gasteiger charge is -2.16. The van der Waals surface area contributed by atoms with Crippen molar-refractivity contribution in [2.75, 3.05) is 33.8 Å². The lowest BCUT2D eigenvalue weighted by atomic mass is 10.1. The Hall–Kier alpha value is -2.12. The van der Waals surface area contributed by atoms with E-state index in [1.807, 2.05) is 0 Å². The zero-order chi connectivity index (χ0) is 18.6. The Bertz CT molecular complexity index is 797. The van der Waals surface area contributed by atoms with Gasteiger partial charge in [0.05, 0.1) is 43.5 Å². The first kappa shape index (κ1) is 19.2. The van der Waals surface area contributed by atoms with E-state index in [4.69, 9.17) is 30.5 Å². The number of anilines is 1. The molecular weight excluding hydrogens is 414 g/mol. The van der Waals surface area contributed by atoms with Gasteiger partial charge < -0.3 is 24.3 Å². The summed E-state index contributed by atoms with van der Waals surface area (Å²) in [5.74, 6) is 1.28. The maximum atomic E-state index is 12.7. The standard InChI is InChI=1S/C17H17BrClNO5/c1-22-12-6-5-9(7-11(12)19)20-17(21)10-8-13(23-2)15(24-3)16(25-4)14(10)18/h5-8H,1-4H3,(H,20,21). The molecule has 0 heterocycles. The number of halogens is 2. The van der Waals surface area contributed by atoms with Crippen molar-refractivity contribution in [3.8, 4) is 23.0 Å². The number of carbonyl (C=O) groups is 1. The number of benzene rings is 2. The molecule has 0 aromatic heterocycles. The van der Waals surface area contributed by atoms with Crippen LogP contribution in [0.25, 0.3) is 0 Å². The lowest BCUT2D eigenvalue weighted by Crippen LogP contribution is -2.13. The molecule has 1 N–H and O–H groups in total. The minimum absolute atomic E-state index is 0.321. The number of hydrogen-bond acceptors (Lipinski definition) is 5. The van der Waals surface area contributed by atoms with Gasteiger partial charge in [0.25, 0.3) is 5.91 Å². The van der Waals surface area contributed by atoms with Crippen molar-refractivity contribution in [3.05, 3.63) is 39.3 Å². The van der Waals surface area contributed by atoms with E-state index in [0.29, 0.717) is 43.7 Å². The fourth-order valence-corrected chi connectivity index (χ4v) is 3.12. The lowest BCUT2D eigenvalue weighted by molar-refractivity contribution is 0.102. The fraction of sp³-hybridized carbons (Fsp3) is 0.235. The highest BCUT2D eigenvalue weighted by atomic mass is 79.9. The van der Waals surface area contributed by atoms with E-state index in [2.05, 4.69) is 21.2 Å². The van der Waals surface area contributed by atoms with Crippen LogP contribution in [-0.4, -0.2) is 34.3 Å². The van der Waals surface area contributed by atoms with Gasteiger partial charge in [0, 0.05) is 5.69 Å². The fourth-order valence-electron chi connectivity index (χ4n) is 2.23. The van der Waals surface area contributed by atoms with Crippen LogP contribution >= 0.6 is 27.5 Å². The topological polar surface area (TPSA) is 66.0 Å². The molecule has 0 aliphatic carbocycles. The first-order chi connectivity index (χ1) is 12.0. The molecule has 0 saturated heterocycles. The number of nitrogens with one attached hydrogen (secondary N) is 1. The molecule has 6 nitrogen and oxygen atoms in total. The zero-order valence-electron chi connectivity index (χ0n) is 14.1. The van der Waals surface area contributed by atoms with Gasteiger partial charge in [-0.3, -0.25) is 4.79 Å². The van der Waals surface area contributed by atoms with Gasteiger partial charge in [0.1, 0.15) is 5.75 Å². The van der Waals surface area contributed by atoms with Crippen LogP contribution in [0.1, 0.15) is 10.4 Å². The van der Waals surface area contributed by atoms with E-state index >= 15 is 0 Å². The normalized spacial score (nSPS) is 10.2. The first-order valence-electron chi connectivity index (χ1n) is 7.10. The Balaban J connectivity index is 2.40. The van der Waals surface area contributed by atoms with Gasteiger partial charge in [-0.1, -0.05) is 11.6 Å². The molecule has 8 heteroatoms. The van der Waals surface area contributed by atoms with Crippen molar-refractivity contribution in [2.45, 2.75) is 0 Å². The SMILES string of the molecule is COc1ccc(NC(=O)c2cc(OC)c(OC)c(OC)c2Br)cc1Cl. The molecule has 0 spiro atoms. The average molecular weight is 431 g/mol. The molecule has 25 heavy (non-hydrogen) atoms. The summed E-state index contributed by atoms with van der Waals surface area (Å²) in [6.45, 7) is 0. The summed E-state index contributed by atoms with van der Waals surface area (Å²) >= 11 is 9.46. The molecule has 0 atom stereocenters. The molecule has 1 amide bonds. The second-order valence-corrected chi connectivity index (χ2v) is 6.01. The van der Waals surface area contributed by atoms with Crippen LogP contribution < -0.4 is 24.3 Å². The summed E-state index contributed by atoms with van der Waals surface area (Å²) in [4.78, 5) is 12.7. The molecule has 2 rings (SSSR count). The molecular formula is C17H17BrClNO5. The molecule has 2 aromatic rings. The van der Waals surface area contributed by atoms with E-state index in [0.717, 1.165) is 0 Å². The van der Waals surface area contributed by atoms with Gasteiger partial charge >= 0.3 is 0 Å². The van der Waals surface area contributed by atoms with Crippen LogP contribution in [-0.2, 0) is 0 Å². The summed E-state index contributed by atoms with van der Waals surface area (Å²) in [6.07, 6.45) is 0. The van der Waals surface area contributed by atoms with Crippen LogP contribution in [0.2, 0.25) is 5.02 Å². The number of amides is 1. The summed E-state index contributed by atoms with van der Waals surface area (Å²) in [5.41, 5.74) is 0.845. The van der Waals surface area contributed by atoms with Crippen LogP contribution in [0.3, 0.4) is 0 Å². The van der Waals surface area contributed by atoms with E-state index in [1.165, 1.54) is 28.4 Å². The van der Waals surface area contributed by atoms with Gasteiger partial charge in [-0.2, -0.15) is 0 Å². The second kappa shape index (κ2) is 8.31. The summed E-state index contributed by atoms with van der Waals surface area (Å²) < 4.78 is 21.4. The Morgan fingerprint density at radius 3 is 2.12 bits per heavy atom. The molecule has 0 bridgehead atoms. The highest BCUT2D eigenvalue weighted by Gasteiger charge is 2.23. The van der Waals surface area contributed by atoms with Crippen molar-refractivity contribution in [2.24, 2.45) is 0 Å². The van der Waals surface area contributed by atoms with Gasteiger partial charge in [-0.25, -0.2) is 0 Å². The Morgan fingerprint density at radius 1 is 0.960 bits per heavy atom. The number of hydrogen-bond donors (Lipinski definition) is 1. The minimum Gasteiger partial charge on any atom is -0.495 e. The smallest absolute Gasteiger partial charge is 0.257 e. The molecule has 0 unspecified atom stereocenters. The third kappa shape index (κ3) is 3.93. The van der Waals surface area contributed by atoms with Gasteiger partial charge in [0.15, 0.2) is 11.5 Å². The largest absolute Gasteiger partial charge is 0.495 e. The van der Waals surface area contributed by atoms with Crippen LogP contribution in [0.5, 0.6) is 23.0 Å². The van der Waals surface area contributed by atoms with Crippen molar-refractivity contribution in [1.29, 1.82) is 0 Å². The molecule has 0 saturated carbocycles. The van der Waals surface area contributed by atoms with Crippen molar-refractivity contribution in [3.63, 3.8) is 0 Å². The van der Waals surface area contributed by atoms with Crippen molar-refractivity contribution < 1.29 is 23.7 Å². The maximum Gasteiger partial charge on any atom is 0.257 e. The van der Waals surface area contributed by atoms with Crippen molar-refractivity contribution in [1.82, 2.24) is 0 Å². The maximum absolute atomic E-state index is 12.7. The molecule has 0 radical (unpaired) electrons. The Labute approximate surface area is 159 Å². The molecule has 2 aromatic carbocycles. The number of carbonyl (C=O) groups excluding carboxylic acids is 1. The zero-order valence-corrected chi connectivity index (χ0v) is 16.4. The third-order valence-corrected chi connectivity index (χ3v) is 4.51. The summed E-state index contributed by atoms with van der Waals surface area (Å²) in [6, 6.07) is 6.52. The van der Waals surface area contributed by atoms with Gasteiger partial charge in [-0.05, 0) is 40.2 Å². The van der Waals surface area contributed by atoms with E-state index in [9.17, 15) is 4.79 Å². The molecule has 0 aliphatic rings. The predicted octanol–water partition coefficient (Wildman–Crippen LogP) is 4.39. The summed E-state index contributed by atoms with van der Waals surface area (Å²) in [5, 5.41) is 3.16. The summed E-state index contributed by atoms with van der Waals surface area (Å²) in [7, 11) is 5.97. The highest BCUT2D eigenvalue weighted by molar-refractivity contribution is 9.10. The van der Waals surface area contributed by atoms with E-state index in [1.54, 1.807) is 24.3 Å². The molecule has 0 aliphatic heterocycles. The Morgan fingerprint density at radius 2 is 1.60 bits per heavy atom. The quantitative estimate of drug-likeness (QED) is 0.736. The number of methoxy groups -OCH3 is 4. The number of rotatable bonds is 6. The van der Waals surface area contributed by atoms with Gasteiger partial charge in [-0.15, -0.1) is 0 Å². The predicted molar refractivity (Wildman–Crippen MR) is 99.8 cm³/mol. The highest BCUT2D eigenvalue weighted by Crippen LogP contribution is 2.44. The van der Waals surface area contributed by atoms with E-state index < -0.39 is 0 Å². The van der Waals surface area contributed by atoms with Gasteiger partial charge in [0.2, 0.25) is 5.75 Å². The molecule has 0 fully saturated rings. The minimum atomic E-state index is -0.368. The first-order valence-corrected chi connectivity index (χ1v) is 8.27.